The molecule has 0 saturated heterocycles. The Balaban J connectivity index is 2.18. The van der Waals surface area contributed by atoms with Crippen molar-refractivity contribution in [3.8, 4) is 5.75 Å². The van der Waals surface area contributed by atoms with Gasteiger partial charge in [-0.15, -0.1) is 0 Å². The molecule has 1 aromatic rings. The average Bonchev–Trinajstić information content (AvgIpc) is 2.43. The number of ether oxygens (including phenoxy) is 3. The molecule has 1 heterocycles. The summed E-state index contributed by atoms with van der Waals surface area (Å²) in [5, 5.41) is 10.4. The van der Waals surface area contributed by atoms with E-state index in [-0.39, 0.29) is 5.92 Å². The highest BCUT2D eigenvalue weighted by Crippen LogP contribution is 2.34. The minimum absolute atomic E-state index is 0.370. The van der Waals surface area contributed by atoms with Gasteiger partial charge in [-0.2, -0.15) is 0 Å². The van der Waals surface area contributed by atoms with E-state index in [2.05, 4.69) is 0 Å². The van der Waals surface area contributed by atoms with Gasteiger partial charge in [0.15, 0.2) is 0 Å². The minimum Gasteiger partial charge on any atom is -0.497 e. The molecule has 2 atom stereocenters. The van der Waals surface area contributed by atoms with E-state index < -0.39 is 17.9 Å². The van der Waals surface area contributed by atoms with Gasteiger partial charge in [0, 0.05) is 19.8 Å². The monoisotopic (exact) mass is 292 g/mol. The number of rotatable bonds is 4. The molecule has 1 N–H and O–H groups in total. The van der Waals surface area contributed by atoms with Gasteiger partial charge in [0.2, 0.25) is 5.79 Å². The molecule has 1 aliphatic rings. The van der Waals surface area contributed by atoms with Crippen molar-refractivity contribution >= 4 is 5.97 Å². The first kappa shape index (κ1) is 15.4. The van der Waals surface area contributed by atoms with Gasteiger partial charge < -0.3 is 19.3 Å². The summed E-state index contributed by atoms with van der Waals surface area (Å²) in [6.45, 7) is 5.12. The van der Waals surface area contributed by atoms with Gasteiger partial charge >= 0.3 is 5.97 Å². The van der Waals surface area contributed by atoms with Crippen molar-refractivity contribution in [3.05, 3.63) is 41.7 Å². The fourth-order valence-electron chi connectivity index (χ4n) is 2.19. The number of benzene rings is 1. The Labute approximate surface area is 124 Å². The molecule has 0 saturated carbocycles. The highest BCUT2D eigenvalue weighted by Gasteiger charge is 2.34. The molecule has 0 amide bonds. The van der Waals surface area contributed by atoms with Crippen molar-refractivity contribution in [1.29, 1.82) is 0 Å². The minimum atomic E-state index is -1.02. The molecule has 0 radical (unpaired) electrons. The molecule has 5 nitrogen and oxygen atoms in total. The first-order valence-corrected chi connectivity index (χ1v) is 6.78. The molecule has 0 aliphatic carbocycles. The Morgan fingerprint density at radius 1 is 1.19 bits per heavy atom. The number of cyclic esters (lactones) is 1. The number of hydrogen-bond acceptors (Lipinski definition) is 5. The summed E-state index contributed by atoms with van der Waals surface area (Å²) in [6, 6.07) is 7.12. The zero-order valence-corrected chi connectivity index (χ0v) is 12.6. The third kappa shape index (κ3) is 3.55. The number of esters is 1. The first-order valence-electron chi connectivity index (χ1n) is 6.78. The summed E-state index contributed by atoms with van der Waals surface area (Å²) < 4.78 is 15.7. The number of aliphatic hydroxyl groups is 1. The molecule has 0 spiro atoms. The van der Waals surface area contributed by atoms with Crippen LogP contribution in [0.4, 0.5) is 0 Å². The second-order valence-corrected chi connectivity index (χ2v) is 5.48. The van der Waals surface area contributed by atoms with E-state index in [1.54, 1.807) is 52.1 Å². The van der Waals surface area contributed by atoms with Crippen molar-refractivity contribution in [2.45, 2.75) is 32.7 Å². The van der Waals surface area contributed by atoms with Gasteiger partial charge in [-0.3, -0.25) is 0 Å². The lowest BCUT2D eigenvalue weighted by atomic mass is 9.95. The van der Waals surface area contributed by atoms with Crippen LogP contribution < -0.4 is 4.74 Å². The van der Waals surface area contributed by atoms with E-state index in [0.29, 0.717) is 5.76 Å². The van der Waals surface area contributed by atoms with Gasteiger partial charge in [0.25, 0.3) is 0 Å². The smallest absolute Gasteiger partial charge is 0.337 e. The molecule has 1 aromatic carbocycles. The molecule has 2 rings (SSSR count). The predicted octanol–water partition coefficient (Wildman–Crippen LogP) is 2.56. The highest BCUT2D eigenvalue weighted by molar-refractivity contribution is 5.83. The number of methoxy groups -OCH3 is 1. The summed E-state index contributed by atoms with van der Waals surface area (Å²) >= 11 is 0. The second kappa shape index (κ2) is 5.77. The topological polar surface area (TPSA) is 65.0 Å². The van der Waals surface area contributed by atoms with Crippen LogP contribution >= 0.6 is 0 Å². The van der Waals surface area contributed by atoms with E-state index in [0.717, 1.165) is 11.3 Å². The summed E-state index contributed by atoms with van der Waals surface area (Å²) in [7, 11) is 1.59. The van der Waals surface area contributed by atoms with Gasteiger partial charge in [-0.1, -0.05) is 19.1 Å². The maximum Gasteiger partial charge on any atom is 0.337 e. The first-order chi connectivity index (χ1) is 9.82. The average molecular weight is 292 g/mol. The summed E-state index contributed by atoms with van der Waals surface area (Å²) in [5.41, 5.74) is 0.726. The molecule has 1 aliphatic heterocycles. The third-order valence-corrected chi connectivity index (χ3v) is 3.35. The lowest BCUT2D eigenvalue weighted by Crippen LogP contribution is -2.36. The molecule has 114 valence electrons. The van der Waals surface area contributed by atoms with Gasteiger partial charge in [-0.05, 0) is 17.7 Å². The molecule has 21 heavy (non-hydrogen) atoms. The Hall–Kier alpha value is -2.01. The highest BCUT2D eigenvalue weighted by atomic mass is 16.7. The van der Waals surface area contributed by atoms with E-state index in [4.69, 9.17) is 14.2 Å². The maximum atomic E-state index is 11.6. The second-order valence-electron chi connectivity index (χ2n) is 5.48. The molecule has 0 bridgehead atoms. The third-order valence-electron chi connectivity index (χ3n) is 3.35. The van der Waals surface area contributed by atoms with E-state index in [1.165, 1.54) is 6.08 Å². The molecular weight excluding hydrogens is 272 g/mol. The lowest BCUT2D eigenvalue weighted by Gasteiger charge is -2.34. The van der Waals surface area contributed by atoms with Crippen molar-refractivity contribution in [3.63, 3.8) is 0 Å². The van der Waals surface area contributed by atoms with Crippen LogP contribution in [-0.4, -0.2) is 24.0 Å². The van der Waals surface area contributed by atoms with Crippen LogP contribution in [0, 0.1) is 5.92 Å². The zero-order chi connectivity index (χ0) is 15.6. The van der Waals surface area contributed by atoms with Crippen molar-refractivity contribution < 1.29 is 24.1 Å². The number of hydrogen-bond donors (Lipinski definition) is 1. The fourth-order valence-corrected chi connectivity index (χ4v) is 2.19. The Morgan fingerprint density at radius 2 is 1.81 bits per heavy atom. The zero-order valence-electron chi connectivity index (χ0n) is 12.6. The fraction of sp³-hybridized carbons (Fsp3) is 0.438. The van der Waals surface area contributed by atoms with Crippen molar-refractivity contribution in [2.24, 2.45) is 5.92 Å². The predicted molar refractivity (Wildman–Crippen MR) is 76.5 cm³/mol. The standard InChI is InChI=1S/C16H20O5/c1-10(13-9-14(17)21-16(2,3)20-13)15(18)11-5-7-12(19-4)8-6-11/h5-10,15,18H,1-4H3. The van der Waals surface area contributed by atoms with Crippen LogP contribution in [-0.2, 0) is 14.3 Å². The van der Waals surface area contributed by atoms with E-state index in [1.807, 2.05) is 0 Å². The molecule has 2 unspecified atom stereocenters. The van der Waals surface area contributed by atoms with Crippen LogP contribution in [0.15, 0.2) is 36.1 Å². The van der Waals surface area contributed by atoms with Crippen LogP contribution in [0.5, 0.6) is 5.75 Å². The van der Waals surface area contributed by atoms with Crippen molar-refractivity contribution in [1.82, 2.24) is 0 Å². The largest absolute Gasteiger partial charge is 0.497 e. The molecule has 0 fully saturated rings. The van der Waals surface area contributed by atoms with Crippen LogP contribution in [0.1, 0.15) is 32.4 Å². The SMILES string of the molecule is COc1ccc(C(O)C(C)C2=CC(=O)OC(C)(C)O2)cc1. The Morgan fingerprint density at radius 3 is 2.33 bits per heavy atom. The molecule has 0 aromatic heterocycles. The summed E-state index contributed by atoms with van der Waals surface area (Å²) in [6.07, 6.45) is 0.492. The van der Waals surface area contributed by atoms with Gasteiger partial charge in [0.05, 0.1) is 19.3 Å². The Kier molecular flexibility index (Phi) is 4.23. The van der Waals surface area contributed by atoms with E-state index >= 15 is 0 Å². The normalized spacial score (nSPS) is 19.9. The van der Waals surface area contributed by atoms with E-state index in [9.17, 15) is 9.90 Å². The number of carbonyl (C=O) groups excluding carboxylic acids is 1. The number of carbonyl (C=O) groups is 1. The molecular formula is C16H20O5. The summed E-state index contributed by atoms with van der Waals surface area (Å²) in [4.78, 5) is 11.6. The lowest BCUT2D eigenvalue weighted by molar-refractivity contribution is -0.209. The van der Waals surface area contributed by atoms with Gasteiger partial charge in [-0.25, -0.2) is 4.79 Å². The van der Waals surface area contributed by atoms with Crippen LogP contribution in [0.2, 0.25) is 0 Å². The quantitative estimate of drug-likeness (QED) is 0.864. The Bertz CT molecular complexity index is 544. The maximum absolute atomic E-state index is 11.6. The number of aliphatic hydroxyl groups excluding tert-OH is 1. The van der Waals surface area contributed by atoms with Crippen molar-refractivity contribution in [2.75, 3.05) is 7.11 Å². The van der Waals surface area contributed by atoms with Crippen LogP contribution in [0.25, 0.3) is 0 Å². The summed E-state index contributed by atoms with van der Waals surface area (Å²) in [5.74, 6) is -0.716. The van der Waals surface area contributed by atoms with Crippen LogP contribution in [0.3, 0.4) is 0 Å². The molecule has 5 heteroatoms. The van der Waals surface area contributed by atoms with Gasteiger partial charge in [0.1, 0.15) is 11.5 Å².